The minimum atomic E-state index is -0.214. The molecule has 0 spiro atoms. The molecule has 3 nitrogen and oxygen atoms in total. The summed E-state index contributed by atoms with van der Waals surface area (Å²) in [6.45, 7) is 7.10. The molecule has 0 unspecified atom stereocenters. The standard InChI is InChI=1S/C14H29NO2/c1-4-5-11-14(2,3)12-9-7-6-8-10-13-15(16)17/h4-13H2,1-3H3. The Morgan fingerprint density at radius 2 is 1.47 bits per heavy atom. The zero-order valence-corrected chi connectivity index (χ0v) is 11.8. The highest BCUT2D eigenvalue weighted by Gasteiger charge is 2.15. The number of nitrogens with zero attached hydrogens (tertiary/aromatic N) is 1. The van der Waals surface area contributed by atoms with Gasteiger partial charge in [-0.25, -0.2) is 0 Å². The molecule has 102 valence electrons. The summed E-state index contributed by atoms with van der Waals surface area (Å²) in [5.41, 5.74) is 0.483. The van der Waals surface area contributed by atoms with Crippen LogP contribution in [0.5, 0.6) is 0 Å². The van der Waals surface area contributed by atoms with Crippen molar-refractivity contribution >= 4 is 0 Å². The first-order chi connectivity index (χ1) is 7.98. The number of hydrogen-bond acceptors (Lipinski definition) is 2. The van der Waals surface area contributed by atoms with E-state index < -0.39 is 0 Å². The highest BCUT2D eigenvalue weighted by Crippen LogP contribution is 2.29. The van der Waals surface area contributed by atoms with Gasteiger partial charge in [-0.05, 0) is 24.7 Å². The van der Waals surface area contributed by atoms with E-state index in [9.17, 15) is 10.1 Å². The van der Waals surface area contributed by atoms with Crippen molar-refractivity contribution in [1.82, 2.24) is 0 Å². The average Bonchev–Trinajstić information content (AvgIpc) is 2.24. The first-order valence-corrected chi connectivity index (χ1v) is 7.10. The number of unbranched alkanes of at least 4 members (excludes halogenated alkanes) is 5. The molecular formula is C14H29NO2. The molecule has 0 saturated carbocycles. The van der Waals surface area contributed by atoms with E-state index in [1.807, 2.05) is 0 Å². The molecule has 0 aromatic rings. The molecule has 0 saturated heterocycles. The van der Waals surface area contributed by atoms with E-state index >= 15 is 0 Å². The third-order valence-electron chi connectivity index (χ3n) is 3.40. The summed E-state index contributed by atoms with van der Waals surface area (Å²) in [5, 5.41) is 10.1. The second-order valence-corrected chi connectivity index (χ2v) is 5.84. The predicted molar refractivity (Wildman–Crippen MR) is 72.9 cm³/mol. The molecule has 0 aliphatic heterocycles. The molecule has 0 aromatic heterocycles. The number of hydrogen-bond donors (Lipinski definition) is 0. The minimum absolute atomic E-state index is 0.141. The van der Waals surface area contributed by atoms with Gasteiger partial charge in [-0.15, -0.1) is 0 Å². The van der Waals surface area contributed by atoms with E-state index in [2.05, 4.69) is 20.8 Å². The second kappa shape index (κ2) is 9.43. The Bertz CT molecular complexity index is 202. The molecule has 0 fully saturated rings. The van der Waals surface area contributed by atoms with Gasteiger partial charge >= 0.3 is 0 Å². The average molecular weight is 243 g/mol. The maximum absolute atomic E-state index is 10.1. The summed E-state index contributed by atoms with van der Waals surface area (Å²) in [6, 6.07) is 0. The molecular weight excluding hydrogens is 214 g/mol. The van der Waals surface area contributed by atoms with Crippen LogP contribution < -0.4 is 0 Å². The molecule has 0 heterocycles. The minimum Gasteiger partial charge on any atom is -0.265 e. The lowest BCUT2D eigenvalue weighted by Crippen LogP contribution is -2.10. The first kappa shape index (κ1) is 16.4. The van der Waals surface area contributed by atoms with Gasteiger partial charge in [0.2, 0.25) is 6.54 Å². The molecule has 0 radical (unpaired) electrons. The molecule has 0 bridgehead atoms. The Balaban J connectivity index is 3.34. The van der Waals surface area contributed by atoms with Crippen LogP contribution >= 0.6 is 0 Å². The maximum Gasteiger partial charge on any atom is 0.203 e. The van der Waals surface area contributed by atoms with Crippen LogP contribution in [0.1, 0.15) is 78.6 Å². The molecule has 0 N–H and O–H groups in total. The molecule has 0 atom stereocenters. The van der Waals surface area contributed by atoms with Gasteiger partial charge in [0.15, 0.2) is 0 Å². The van der Waals surface area contributed by atoms with Crippen LogP contribution in [0.4, 0.5) is 0 Å². The van der Waals surface area contributed by atoms with Crippen molar-refractivity contribution in [3.63, 3.8) is 0 Å². The third kappa shape index (κ3) is 11.7. The van der Waals surface area contributed by atoms with Crippen LogP contribution in [0.25, 0.3) is 0 Å². The molecule has 3 heteroatoms. The van der Waals surface area contributed by atoms with Gasteiger partial charge < -0.3 is 0 Å². The fourth-order valence-electron chi connectivity index (χ4n) is 2.16. The molecule has 0 aliphatic rings. The van der Waals surface area contributed by atoms with Crippen LogP contribution in [0.15, 0.2) is 0 Å². The Morgan fingerprint density at radius 3 is 2.06 bits per heavy atom. The number of rotatable bonds is 11. The normalized spacial score (nSPS) is 11.7. The fraction of sp³-hybridized carbons (Fsp3) is 1.00. The van der Waals surface area contributed by atoms with Crippen molar-refractivity contribution < 1.29 is 4.92 Å². The van der Waals surface area contributed by atoms with Gasteiger partial charge in [0.1, 0.15) is 0 Å². The molecule has 0 aromatic carbocycles. The van der Waals surface area contributed by atoms with E-state index in [-0.39, 0.29) is 11.5 Å². The highest BCUT2D eigenvalue weighted by atomic mass is 16.6. The van der Waals surface area contributed by atoms with Crippen molar-refractivity contribution in [2.45, 2.75) is 78.6 Å². The summed E-state index contributed by atoms with van der Waals surface area (Å²) in [4.78, 5) is 9.91. The Hall–Kier alpha value is -0.600. The summed E-state index contributed by atoms with van der Waals surface area (Å²) >= 11 is 0. The van der Waals surface area contributed by atoms with Crippen molar-refractivity contribution in [1.29, 1.82) is 0 Å². The fourth-order valence-corrected chi connectivity index (χ4v) is 2.16. The van der Waals surface area contributed by atoms with E-state index in [0.717, 1.165) is 19.3 Å². The van der Waals surface area contributed by atoms with Crippen LogP contribution in [0, 0.1) is 15.5 Å². The second-order valence-electron chi connectivity index (χ2n) is 5.84. The lowest BCUT2D eigenvalue weighted by Gasteiger charge is -2.24. The van der Waals surface area contributed by atoms with E-state index in [0.29, 0.717) is 5.41 Å². The molecule has 0 aliphatic carbocycles. The molecule has 0 amide bonds. The van der Waals surface area contributed by atoms with Crippen LogP contribution in [-0.4, -0.2) is 11.5 Å². The van der Waals surface area contributed by atoms with Gasteiger partial charge in [-0.3, -0.25) is 10.1 Å². The lowest BCUT2D eigenvalue weighted by molar-refractivity contribution is -0.480. The largest absolute Gasteiger partial charge is 0.265 e. The number of nitro groups is 1. The Morgan fingerprint density at radius 1 is 0.941 bits per heavy atom. The highest BCUT2D eigenvalue weighted by molar-refractivity contribution is 4.68. The van der Waals surface area contributed by atoms with Crippen molar-refractivity contribution in [2.75, 3.05) is 6.54 Å². The summed E-state index contributed by atoms with van der Waals surface area (Å²) in [6.07, 6.45) is 10.6. The Labute approximate surface area is 106 Å². The summed E-state index contributed by atoms with van der Waals surface area (Å²) in [7, 11) is 0. The van der Waals surface area contributed by atoms with Crippen molar-refractivity contribution in [2.24, 2.45) is 5.41 Å². The van der Waals surface area contributed by atoms with Gasteiger partial charge in [-0.1, -0.05) is 52.9 Å². The van der Waals surface area contributed by atoms with Gasteiger partial charge in [-0.2, -0.15) is 0 Å². The predicted octanol–water partition coefficient (Wildman–Crippen LogP) is 4.82. The van der Waals surface area contributed by atoms with Crippen LogP contribution in [-0.2, 0) is 0 Å². The Kier molecular flexibility index (Phi) is 9.10. The van der Waals surface area contributed by atoms with Crippen molar-refractivity contribution in [3.05, 3.63) is 10.1 Å². The smallest absolute Gasteiger partial charge is 0.203 e. The topological polar surface area (TPSA) is 43.1 Å². The van der Waals surface area contributed by atoms with Crippen LogP contribution in [0.3, 0.4) is 0 Å². The van der Waals surface area contributed by atoms with E-state index in [4.69, 9.17) is 0 Å². The third-order valence-corrected chi connectivity index (χ3v) is 3.40. The summed E-state index contributed by atoms with van der Waals surface area (Å²) in [5.74, 6) is 0. The summed E-state index contributed by atoms with van der Waals surface area (Å²) < 4.78 is 0. The quantitative estimate of drug-likeness (QED) is 0.296. The first-order valence-electron chi connectivity index (χ1n) is 7.10. The monoisotopic (exact) mass is 243 g/mol. The van der Waals surface area contributed by atoms with Gasteiger partial charge in [0, 0.05) is 11.3 Å². The van der Waals surface area contributed by atoms with Gasteiger partial charge in [0.25, 0.3) is 0 Å². The van der Waals surface area contributed by atoms with Crippen molar-refractivity contribution in [3.8, 4) is 0 Å². The zero-order chi connectivity index (χ0) is 13.1. The lowest BCUT2D eigenvalue weighted by atomic mass is 9.82. The van der Waals surface area contributed by atoms with E-state index in [1.165, 1.54) is 38.5 Å². The maximum atomic E-state index is 10.1. The van der Waals surface area contributed by atoms with Crippen LogP contribution in [0.2, 0.25) is 0 Å². The molecule has 17 heavy (non-hydrogen) atoms. The van der Waals surface area contributed by atoms with E-state index in [1.54, 1.807) is 0 Å². The van der Waals surface area contributed by atoms with Gasteiger partial charge in [0.05, 0.1) is 0 Å². The zero-order valence-electron chi connectivity index (χ0n) is 11.8. The molecule has 0 rings (SSSR count). The SMILES string of the molecule is CCCCC(C)(C)CCCCCCC[N+](=O)[O-].